The number of anilines is 2. The van der Waals surface area contributed by atoms with Crippen LogP contribution in [0.3, 0.4) is 0 Å². The number of carbonyl (C=O) groups is 1. The summed E-state index contributed by atoms with van der Waals surface area (Å²) in [6, 6.07) is 7.46. The molecule has 0 saturated carbocycles. The van der Waals surface area contributed by atoms with Gasteiger partial charge in [-0.05, 0) is 48.6 Å². The van der Waals surface area contributed by atoms with Crippen LogP contribution in [0.15, 0.2) is 29.6 Å². The molecular weight excluding hydrogens is 282 g/mol. The van der Waals surface area contributed by atoms with Gasteiger partial charge in [0.15, 0.2) is 0 Å². The molecular formula is C16H21N3OS. The third-order valence-electron chi connectivity index (χ3n) is 3.28. The van der Waals surface area contributed by atoms with E-state index < -0.39 is 0 Å². The van der Waals surface area contributed by atoms with Crippen LogP contribution in [0.5, 0.6) is 0 Å². The van der Waals surface area contributed by atoms with E-state index in [1.54, 1.807) is 23.5 Å². The SMILES string of the molecule is CCNC(=O)c1ccc(N)cc1NCc1sccc1CC. The van der Waals surface area contributed by atoms with Gasteiger partial charge in [-0.2, -0.15) is 0 Å². The van der Waals surface area contributed by atoms with Crippen molar-refractivity contribution in [2.75, 3.05) is 17.6 Å². The van der Waals surface area contributed by atoms with Crippen molar-refractivity contribution in [1.29, 1.82) is 0 Å². The van der Waals surface area contributed by atoms with Crippen molar-refractivity contribution in [3.63, 3.8) is 0 Å². The van der Waals surface area contributed by atoms with Crippen molar-refractivity contribution >= 4 is 28.6 Å². The van der Waals surface area contributed by atoms with E-state index >= 15 is 0 Å². The summed E-state index contributed by atoms with van der Waals surface area (Å²) in [5.41, 5.74) is 9.23. The minimum atomic E-state index is -0.0816. The summed E-state index contributed by atoms with van der Waals surface area (Å²) in [5, 5.41) is 8.26. The molecule has 4 N–H and O–H groups in total. The predicted molar refractivity (Wildman–Crippen MR) is 89.9 cm³/mol. The number of hydrogen-bond donors (Lipinski definition) is 3. The lowest BCUT2D eigenvalue weighted by Crippen LogP contribution is -2.23. The van der Waals surface area contributed by atoms with E-state index in [4.69, 9.17) is 5.73 Å². The maximum atomic E-state index is 12.1. The summed E-state index contributed by atoms with van der Waals surface area (Å²) >= 11 is 1.73. The molecule has 0 fully saturated rings. The standard InChI is InChI=1S/C16H21N3OS/c1-3-11-7-8-21-15(11)10-19-14-9-12(17)5-6-13(14)16(20)18-4-2/h5-9,19H,3-4,10,17H2,1-2H3,(H,18,20). The minimum Gasteiger partial charge on any atom is -0.399 e. The number of hydrogen-bond acceptors (Lipinski definition) is 4. The molecule has 1 aromatic heterocycles. The molecule has 112 valence electrons. The Labute approximate surface area is 129 Å². The van der Waals surface area contributed by atoms with E-state index in [9.17, 15) is 4.79 Å². The number of rotatable bonds is 6. The van der Waals surface area contributed by atoms with E-state index in [0.29, 0.717) is 24.3 Å². The zero-order valence-corrected chi connectivity index (χ0v) is 13.2. The highest BCUT2D eigenvalue weighted by atomic mass is 32.1. The number of nitrogens with two attached hydrogens (primary N) is 1. The van der Waals surface area contributed by atoms with Crippen LogP contribution in [0.2, 0.25) is 0 Å². The number of nitrogen functional groups attached to an aromatic ring is 1. The van der Waals surface area contributed by atoms with Gasteiger partial charge in [0, 0.05) is 29.3 Å². The van der Waals surface area contributed by atoms with Crippen LogP contribution in [0.25, 0.3) is 0 Å². The number of amides is 1. The Morgan fingerprint density at radius 1 is 1.29 bits per heavy atom. The molecule has 0 radical (unpaired) electrons. The van der Waals surface area contributed by atoms with E-state index in [1.165, 1.54) is 10.4 Å². The normalized spacial score (nSPS) is 10.4. The molecule has 0 spiro atoms. The Morgan fingerprint density at radius 3 is 2.81 bits per heavy atom. The number of thiophene rings is 1. The van der Waals surface area contributed by atoms with Gasteiger partial charge in [-0.25, -0.2) is 0 Å². The van der Waals surface area contributed by atoms with Crippen molar-refractivity contribution in [3.05, 3.63) is 45.6 Å². The molecule has 0 aliphatic carbocycles. The van der Waals surface area contributed by atoms with Crippen molar-refractivity contribution in [2.45, 2.75) is 26.8 Å². The molecule has 21 heavy (non-hydrogen) atoms. The first kappa shape index (κ1) is 15.4. The van der Waals surface area contributed by atoms with Gasteiger partial charge in [0.1, 0.15) is 0 Å². The largest absolute Gasteiger partial charge is 0.399 e. The zero-order valence-electron chi connectivity index (χ0n) is 12.4. The summed E-state index contributed by atoms with van der Waals surface area (Å²) in [6.45, 7) is 5.36. The Bertz CT molecular complexity index is 622. The van der Waals surface area contributed by atoms with Crippen LogP contribution in [0.4, 0.5) is 11.4 Å². The summed E-state index contributed by atoms with van der Waals surface area (Å²) < 4.78 is 0. The zero-order chi connectivity index (χ0) is 15.2. The highest BCUT2D eigenvalue weighted by Gasteiger charge is 2.11. The molecule has 0 aliphatic heterocycles. The van der Waals surface area contributed by atoms with E-state index in [-0.39, 0.29) is 5.91 Å². The molecule has 1 amide bonds. The van der Waals surface area contributed by atoms with Crippen LogP contribution in [-0.4, -0.2) is 12.5 Å². The molecule has 0 atom stereocenters. The minimum absolute atomic E-state index is 0.0816. The molecule has 1 aromatic carbocycles. The smallest absolute Gasteiger partial charge is 0.253 e. The topological polar surface area (TPSA) is 67.2 Å². The number of nitrogens with one attached hydrogen (secondary N) is 2. The van der Waals surface area contributed by atoms with Gasteiger partial charge in [-0.1, -0.05) is 6.92 Å². The molecule has 5 heteroatoms. The average molecular weight is 303 g/mol. The monoisotopic (exact) mass is 303 g/mol. The van der Waals surface area contributed by atoms with Crippen LogP contribution >= 0.6 is 11.3 Å². The van der Waals surface area contributed by atoms with E-state index in [2.05, 4.69) is 29.0 Å². The first-order chi connectivity index (χ1) is 10.2. The van der Waals surface area contributed by atoms with Gasteiger partial charge in [-0.15, -0.1) is 11.3 Å². The highest BCUT2D eigenvalue weighted by Crippen LogP contribution is 2.23. The third-order valence-corrected chi connectivity index (χ3v) is 4.25. The summed E-state index contributed by atoms with van der Waals surface area (Å²) in [7, 11) is 0. The lowest BCUT2D eigenvalue weighted by molar-refractivity contribution is 0.0956. The molecule has 2 rings (SSSR count). The summed E-state index contributed by atoms with van der Waals surface area (Å²) in [4.78, 5) is 13.4. The Kier molecular flexibility index (Phi) is 5.22. The maximum absolute atomic E-state index is 12.1. The first-order valence-electron chi connectivity index (χ1n) is 7.12. The Balaban J connectivity index is 2.18. The Morgan fingerprint density at radius 2 is 2.10 bits per heavy atom. The van der Waals surface area contributed by atoms with Gasteiger partial charge >= 0.3 is 0 Å². The van der Waals surface area contributed by atoms with Crippen molar-refractivity contribution < 1.29 is 4.79 Å². The van der Waals surface area contributed by atoms with Crippen LogP contribution < -0.4 is 16.4 Å². The summed E-state index contributed by atoms with van der Waals surface area (Å²) in [6.07, 6.45) is 1.01. The molecule has 0 unspecified atom stereocenters. The van der Waals surface area contributed by atoms with Gasteiger partial charge in [0.25, 0.3) is 5.91 Å². The Hall–Kier alpha value is -2.01. The molecule has 0 bridgehead atoms. The van der Waals surface area contributed by atoms with Crippen molar-refractivity contribution in [3.8, 4) is 0 Å². The van der Waals surface area contributed by atoms with Crippen LogP contribution in [0, 0.1) is 0 Å². The molecule has 4 nitrogen and oxygen atoms in total. The predicted octanol–water partition coefficient (Wildman–Crippen LogP) is 3.25. The molecule has 0 saturated heterocycles. The van der Waals surface area contributed by atoms with Gasteiger partial charge in [0.05, 0.1) is 5.56 Å². The maximum Gasteiger partial charge on any atom is 0.253 e. The quantitative estimate of drug-likeness (QED) is 0.718. The number of aryl methyl sites for hydroxylation is 1. The second-order valence-corrected chi connectivity index (χ2v) is 5.74. The summed E-state index contributed by atoms with van der Waals surface area (Å²) in [5.74, 6) is -0.0816. The third kappa shape index (κ3) is 3.76. The van der Waals surface area contributed by atoms with Gasteiger partial charge in [-0.3, -0.25) is 4.79 Å². The lowest BCUT2D eigenvalue weighted by Gasteiger charge is -2.13. The van der Waals surface area contributed by atoms with Crippen molar-refractivity contribution in [2.24, 2.45) is 0 Å². The van der Waals surface area contributed by atoms with E-state index in [0.717, 1.165) is 12.1 Å². The van der Waals surface area contributed by atoms with Gasteiger partial charge in [0.2, 0.25) is 0 Å². The van der Waals surface area contributed by atoms with Crippen LogP contribution in [0.1, 0.15) is 34.6 Å². The first-order valence-corrected chi connectivity index (χ1v) is 8.00. The fourth-order valence-corrected chi connectivity index (χ4v) is 3.09. The number of carbonyl (C=O) groups excluding carboxylic acids is 1. The van der Waals surface area contributed by atoms with Gasteiger partial charge < -0.3 is 16.4 Å². The van der Waals surface area contributed by atoms with Crippen molar-refractivity contribution in [1.82, 2.24) is 5.32 Å². The second-order valence-electron chi connectivity index (χ2n) is 4.74. The molecule has 2 aromatic rings. The fourth-order valence-electron chi connectivity index (χ4n) is 2.17. The second kappa shape index (κ2) is 7.13. The van der Waals surface area contributed by atoms with Crippen LogP contribution in [-0.2, 0) is 13.0 Å². The highest BCUT2D eigenvalue weighted by molar-refractivity contribution is 7.10. The molecule has 1 heterocycles. The number of benzene rings is 1. The van der Waals surface area contributed by atoms with E-state index in [1.807, 2.05) is 13.0 Å². The average Bonchev–Trinajstić information content (AvgIpc) is 2.92. The fraction of sp³-hybridized carbons (Fsp3) is 0.312. The molecule has 0 aliphatic rings. The lowest BCUT2D eigenvalue weighted by atomic mass is 10.1.